The van der Waals surface area contributed by atoms with E-state index in [1.807, 2.05) is 25.4 Å². The smallest absolute Gasteiger partial charge is 0.0729 e. The molecule has 2 heterocycles. The Labute approximate surface area is 96.5 Å². The number of nitrogens with zero attached hydrogens (tertiary/aromatic N) is 3. The molecule has 5 heteroatoms. The van der Waals surface area contributed by atoms with E-state index in [0.717, 1.165) is 15.9 Å². The van der Waals surface area contributed by atoms with Gasteiger partial charge in [0.05, 0.1) is 24.1 Å². The molecule has 0 amide bonds. The van der Waals surface area contributed by atoms with Crippen molar-refractivity contribution in [1.29, 1.82) is 0 Å². The van der Waals surface area contributed by atoms with Gasteiger partial charge >= 0.3 is 0 Å². The first kappa shape index (κ1) is 10.2. The zero-order chi connectivity index (χ0) is 10.7. The molecular formula is C10H11BrN4. The summed E-state index contributed by atoms with van der Waals surface area (Å²) in [5, 5.41) is 7.31. The summed E-state index contributed by atoms with van der Waals surface area (Å²) in [7, 11) is 1.89. The molecule has 0 aliphatic carbocycles. The Morgan fingerprint density at radius 3 is 2.87 bits per heavy atom. The molecule has 0 saturated heterocycles. The fourth-order valence-electron chi connectivity index (χ4n) is 1.22. The average molecular weight is 267 g/mol. The number of hydrogen-bond acceptors (Lipinski definition) is 3. The lowest BCUT2D eigenvalue weighted by molar-refractivity contribution is 0.768. The van der Waals surface area contributed by atoms with E-state index >= 15 is 0 Å². The fraction of sp³-hybridized carbons (Fsp3) is 0.200. The van der Waals surface area contributed by atoms with E-state index in [2.05, 4.69) is 31.3 Å². The van der Waals surface area contributed by atoms with Crippen molar-refractivity contribution in [3.63, 3.8) is 0 Å². The molecule has 0 spiro atoms. The molecule has 0 aliphatic rings. The van der Waals surface area contributed by atoms with Crippen LogP contribution in [0, 0.1) is 0 Å². The highest BCUT2D eigenvalue weighted by Gasteiger charge is 1.97. The first-order chi connectivity index (χ1) is 7.24. The first-order valence-electron chi connectivity index (χ1n) is 4.57. The third kappa shape index (κ3) is 2.79. The molecular weight excluding hydrogens is 256 g/mol. The summed E-state index contributed by atoms with van der Waals surface area (Å²) in [4.78, 5) is 4.26. The third-order valence-corrected chi connectivity index (χ3v) is 2.44. The van der Waals surface area contributed by atoms with E-state index in [-0.39, 0.29) is 0 Å². The molecule has 0 aliphatic heterocycles. The largest absolute Gasteiger partial charge is 0.377 e. The molecule has 0 saturated carbocycles. The van der Waals surface area contributed by atoms with Crippen molar-refractivity contribution >= 4 is 21.6 Å². The van der Waals surface area contributed by atoms with Gasteiger partial charge in [-0.3, -0.25) is 9.67 Å². The molecule has 2 aromatic heterocycles. The third-order valence-electron chi connectivity index (χ3n) is 1.97. The van der Waals surface area contributed by atoms with Crippen molar-refractivity contribution in [3.8, 4) is 0 Å². The molecule has 1 N–H and O–H groups in total. The lowest BCUT2D eigenvalue weighted by atomic mass is 10.3. The first-order valence-corrected chi connectivity index (χ1v) is 5.36. The summed E-state index contributed by atoms with van der Waals surface area (Å²) in [5.41, 5.74) is 2.00. The number of nitrogens with one attached hydrogen (secondary N) is 1. The minimum absolute atomic E-state index is 0.707. The highest BCUT2D eigenvalue weighted by molar-refractivity contribution is 9.10. The Kier molecular flexibility index (Phi) is 3.01. The number of aryl methyl sites for hydroxylation is 1. The lowest BCUT2D eigenvalue weighted by Gasteiger charge is -2.02. The Morgan fingerprint density at radius 2 is 2.27 bits per heavy atom. The summed E-state index contributed by atoms with van der Waals surface area (Å²) in [5.74, 6) is 0. The van der Waals surface area contributed by atoms with Gasteiger partial charge in [-0.05, 0) is 28.1 Å². The van der Waals surface area contributed by atoms with Crippen LogP contribution in [0.5, 0.6) is 0 Å². The second kappa shape index (κ2) is 4.44. The average Bonchev–Trinajstić information content (AvgIpc) is 2.64. The predicted octanol–water partition coefficient (Wildman–Crippen LogP) is 2.19. The van der Waals surface area contributed by atoms with Crippen molar-refractivity contribution in [1.82, 2.24) is 14.8 Å². The number of hydrogen-bond donors (Lipinski definition) is 1. The van der Waals surface area contributed by atoms with Crippen molar-refractivity contribution in [2.75, 3.05) is 5.32 Å². The number of aromatic nitrogens is 3. The number of rotatable bonds is 3. The SMILES string of the molecule is Cn1cc(NCc2ccc(Br)cn2)cn1. The van der Waals surface area contributed by atoms with Gasteiger partial charge in [0.15, 0.2) is 0 Å². The van der Waals surface area contributed by atoms with Crippen LogP contribution in [0.25, 0.3) is 0 Å². The molecule has 4 nitrogen and oxygen atoms in total. The molecule has 2 rings (SSSR count). The minimum Gasteiger partial charge on any atom is -0.377 e. The minimum atomic E-state index is 0.707. The van der Waals surface area contributed by atoms with Gasteiger partial charge in [0, 0.05) is 23.9 Å². The molecule has 0 atom stereocenters. The summed E-state index contributed by atoms with van der Waals surface area (Å²) in [6, 6.07) is 3.96. The van der Waals surface area contributed by atoms with Gasteiger partial charge in [-0.25, -0.2) is 0 Å². The van der Waals surface area contributed by atoms with E-state index in [4.69, 9.17) is 0 Å². The topological polar surface area (TPSA) is 42.7 Å². The van der Waals surface area contributed by atoms with Gasteiger partial charge in [0.2, 0.25) is 0 Å². The van der Waals surface area contributed by atoms with Gasteiger partial charge in [-0.2, -0.15) is 5.10 Å². The normalized spacial score (nSPS) is 10.3. The number of halogens is 1. The monoisotopic (exact) mass is 266 g/mol. The van der Waals surface area contributed by atoms with Crippen LogP contribution in [0.4, 0.5) is 5.69 Å². The van der Waals surface area contributed by atoms with Gasteiger partial charge < -0.3 is 5.32 Å². The molecule has 2 aromatic rings. The van der Waals surface area contributed by atoms with Gasteiger partial charge in [-0.1, -0.05) is 0 Å². The maximum Gasteiger partial charge on any atom is 0.0729 e. The van der Waals surface area contributed by atoms with E-state index in [0.29, 0.717) is 6.54 Å². The van der Waals surface area contributed by atoms with Crippen LogP contribution in [0.3, 0.4) is 0 Å². The highest BCUT2D eigenvalue weighted by Crippen LogP contribution is 2.09. The van der Waals surface area contributed by atoms with Crippen LogP contribution in [0.15, 0.2) is 35.2 Å². The standard InChI is InChI=1S/C10H11BrN4/c1-15-7-10(6-14-15)13-5-9-3-2-8(11)4-12-9/h2-4,6-7,13H,5H2,1H3. The van der Waals surface area contributed by atoms with E-state index in [1.54, 1.807) is 17.1 Å². The van der Waals surface area contributed by atoms with Crippen LogP contribution in [-0.2, 0) is 13.6 Å². The van der Waals surface area contributed by atoms with Gasteiger partial charge in [0.25, 0.3) is 0 Å². The van der Waals surface area contributed by atoms with E-state index in [9.17, 15) is 0 Å². The van der Waals surface area contributed by atoms with Crippen LogP contribution >= 0.6 is 15.9 Å². The molecule has 0 fully saturated rings. The molecule has 0 unspecified atom stereocenters. The summed E-state index contributed by atoms with van der Waals surface area (Å²) in [6.07, 6.45) is 5.51. The van der Waals surface area contributed by atoms with E-state index in [1.165, 1.54) is 0 Å². The quantitative estimate of drug-likeness (QED) is 0.926. The van der Waals surface area contributed by atoms with Gasteiger partial charge in [0.1, 0.15) is 0 Å². The number of anilines is 1. The maximum absolute atomic E-state index is 4.26. The zero-order valence-electron chi connectivity index (χ0n) is 8.31. The summed E-state index contributed by atoms with van der Waals surface area (Å²) in [6.45, 7) is 0.707. The Morgan fingerprint density at radius 1 is 1.40 bits per heavy atom. The van der Waals surface area contributed by atoms with Gasteiger partial charge in [-0.15, -0.1) is 0 Å². The van der Waals surface area contributed by atoms with E-state index < -0.39 is 0 Å². The summed E-state index contributed by atoms with van der Waals surface area (Å²) < 4.78 is 2.75. The highest BCUT2D eigenvalue weighted by atomic mass is 79.9. The molecule has 15 heavy (non-hydrogen) atoms. The van der Waals surface area contributed by atoms with Crippen LogP contribution in [0.1, 0.15) is 5.69 Å². The van der Waals surface area contributed by atoms with Crippen LogP contribution < -0.4 is 5.32 Å². The molecule has 0 radical (unpaired) electrons. The predicted molar refractivity (Wildman–Crippen MR) is 62.5 cm³/mol. The maximum atomic E-state index is 4.26. The fourth-order valence-corrected chi connectivity index (χ4v) is 1.45. The van der Waals surface area contributed by atoms with Crippen molar-refractivity contribution in [3.05, 3.63) is 40.9 Å². The van der Waals surface area contributed by atoms with Crippen molar-refractivity contribution < 1.29 is 0 Å². The summed E-state index contributed by atoms with van der Waals surface area (Å²) >= 11 is 3.35. The number of pyridine rings is 1. The second-order valence-corrected chi connectivity index (χ2v) is 4.14. The Hall–Kier alpha value is -1.36. The van der Waals surface area contributed by atoms with Crippen molar-refractivity contribution in [2.24, 2.45) is 7.05 Å². The molecule has 78 valence electrons. The Balaban J connectivity index is 1.96. The second-order valence-electron chi connectivity index (χ2n) is 3.22. The molecule has 0 bridgehead atoms. The Bertz CT molecular complexity index is 435. The van der Waals surface area contributed by atoms with Crippen LogP contribution in [-0.4, -0.2) is 14.8 Å². The lowest BCUT2D eigenvalue weighted by Crippen LogP contribution is -2.00. The molecule has 0 aromatic carbocycles. The zero-order valence-corrected chi connectivity index (χ0v) is 9.90. The van der Waals surface area contributed by atoms with Crippen molar-refractivity contribution in [2.45, 2.75) is 6.54 Å². The van der Waals surface area contributed by atoms with Crippen LogP contribution in [0.2, 0.25) is 0 Å².